The lowest BCUT2D eigenvalue weighted by Crippen LogP contribution is -2.59. The van der Waals surface area contributed by atoms with Gasteiger partial charge in [-0.25, -0.2) is 0 Å². The molecule has 88 valence electrons. The highest BCUT2D eigenvalue weighted by Crippen LogP contribution is 2.20. The number of hydrogen-bond acceptors (Lipinski definition) is 5. The van der Waals surface area contributed by atoms with E-state index < -0.39 is 30.5 Å². The van der Waals surface area contributed by atoms with Gasteiger partial charge in [-0.15, -0.1) is 0 Å². The standard InChI is InChI=1S/C9H17NO5/c1-4-7(12)9(14)8(13)6(15-4)3-10-5(2)11/h4,6-9,12-14H,3H2,1-2H3,(H,10,11)/t4-,6?,7?,8-,9+/m0/s1. The second-order valence-electron chi connectivity index (χ2n) is 3.79. The highest BCUT2D eigenvalue weighted by atomic mass is 16.5. The molecule has 4 N–H and O–H groups in total. The van der Waals surface area contributed by atoms with E-state index in [0.717, 1.165) is 0 Å². The molecule has 6 heteroatoms. The number of amides is 1. The molecule has 1 amide bonds. The first kappa shape index (κ1) is 12.4. The molecule has 6 nitrogen and oxygen atoms in total. The molecule has 2 unspecified atom stereocenters. The monoisotopic (exact) mass is 219 g/mol. The van der Waals surface area contributed by atoms with Crippen LogP contribution in [0.2, 0.25) is 0 Å². The first-order chi connectivity index (χ1) is 6.93. The molecule has 1 aliphatic heterocycles. The molecule has 0 saturated carbocycles. The summed E-state index contributed by atoms with van der Waals surface area (Å²) in [7, 11) is 0. The van der Waals surface area contributed by atoms with Gasteiger partial charge in [0.2, 0.25) is 5.91 Å². The molecular formula is C9H17NO5. The van der Waals surface area contributed by atoms with E-state index in [2.05, 4.69) is 5.32 Å². The minimum absolute atomic E-state index is 0.116. The lowest BCUT2D eigenvalue weighted by molar-refractivity contribution is -0.215. The van der Waals surface area contributed by atoms with Gasteiger partial charge in [0.1, 0.15) is 24.4 Å². The first-order valence-corrected chi connectivity index (χ1v) is 4.87. The summed E-state index contributed by atoms with van der Waals surface area (Å²) in [6, 6.07) is 0. The maximum atomic E-state index is 10.7. The largest absolute Gasteiger partial charge is 0.388 e. The molecule has 5 atom stereocenters. The van der Waals surface area contributed by atoms with Crippen molar-refractivity contribution in [1.82, 2.24) is 5.32 Å². The van der Waals surface area contributed by atoms with Gasteiger partial charge in [-0.05, 0) is 6.92 Å². The minimum atomic E-state index is -1.24. The lowest BCUT2D eigenvalue weighted by Gasteiger charge is -2.39. The molecule has 0 aromatic rings. The Hall–Kier alpha value is -0.690. The average Bonchev–Trinajstić information content (AvgIpc) is 2.18. The highest BCUT2D eigenvalue weighted by Gasteiger charge is 2.41. The first-order valence-electron chi connectivity index (χ1n) is 4.87. The Kier molecular flexibility index (Phi) is 4.04. The van der Waals surface area contributed by atoms with Gasteiger partial charge in [-0.3, -0.25) is 4.79 Å². The lowest BCUT2D eigenvalue weighted by atomic mass is 9.95. The minimum Gasteiger partial charge on any atom is -0.388 e. The zero-order valence-electron chi connectivity index (χ0n) is 8.75. The number of aliphatic hydroxyl groups excluding tert-OH is 3. The van der Waals surface area contributed by atoms with Crippen molar-refractivity contribution in [3.8, 4) is 0 Å². The van der Waals surface area contributed by atoms with Crippen LogP contribution < -0.4 is 5.32 Å². The topological polar surface area (TPSA) is 99.0 Å². The fourth-order valence-electron chi connectivity index (χ4n) is 1.55. The summed E-state index contributed by atoms with van der Waals surface area (Å²) in [5.41, 5.74) is 0. The summed E-state index contributed by atoms with van der Waals surface area (Å²) in [5, 5.41) is 30.9. The van der Waals surface area contributed by atoms with Crippen molar-refractivity contribution >= 4 is 5.91 Å². The van der Waals surface area contributed by atoms with Crippen LogP contribution in [-0.4, -0.2) is 58.3 Å². The summed E-state index contributed by atoms with van der Waals surface area (Å²) in [4.78, 5) is 10.7. The second kappa shape index (κ2) is 4.89. The number of rotatable bonds is 2. The molecule has 1 fully saturated rings. The molecule has 0 bridgehead atoms. The van der Waals surface area contributed by atoms with Crippen molar-refractivity contribution in [2.75, 3.05) is 6.54 Å². The van der Waals surface area contributed by atoms with Crippen molar-refractivity contribution in [3.05, 3.63) is 0 Å². The quantitative estimate of drug-likeness (QED) is 0.430. The van der Waals surface area contributed by atoms with Gasteiger partial charge in [0.25, 0.3) is 0 Å². The van der Waals surface area contributed by atoms with Gasteiger partial charge < -0.3 is 25.4 Å². The van der Waals surface area contributed by atoms with E-state index in [0.29, 0.717) is 0 Å². The molecule has 1 rings (SSSR count). The number of carbonyl (C=O) groups excluding carboxylic acids is 1. The summed E-state index contributed by atoms with van der Waals surface area (Å²) in [6.07, 6.45) is -4.80. The van der Waals surface area contributed by atoms with Crippen molar-refractivity contribution < 1.29 is 24.9 Å². The summed E-state index contributed by atoms with van der Waals surface area (Å²) in [5.74, 6) is -0.237. The third kappa shape index (κ3) is 2.88. The zero-order valence-corrected chi connectivity index (χ0v) is 8.75. The van der Waals surface area contributed by atoms with E-state index in [1.807, 2.05) is 0 Å². The molecule has 0 spiro atoms. The Balaban J connectivity index is 2.54. The fourth-order valence-corrected chi connectivity index (χ4v) is 1.55. The zero-order chi connectivity index (χ0) is 11.6. The van der Waals surface area contributed by atoms with Crippen molar-refractivity contribution in [2.45, 2.75) is 44.4 Å². The van der Waals surface area contributed by atoms with Gasteiger partial charge in [0.15, 0.2) is 0 Å². The maximum Gasteiger partial charge on any atom is 0.216 e. The maximum absolute atomic E-state index is 10.7. The van der Waals surface area contributed by atoms with E-state index in [1.54, 1.807) is 6.92 Å². The predicted molar refractivity (Wildman–Crippen MR) is 51.0 cm³/mol. The van der Waals surface area contributed by atoms with E-state index in [4.69, 9.17) is 4.74 Å². The third-order valence-electron chi connectivity index (χ3n) is 2.50. The number of hydrogen-bond donors (Lipinski definition) is 4. The van der Waals surface area contributed by atoms with E-state index >= 15 is 0 Å². The molecule has 15 heavy (non-hydrogen) atoms. The molecule has 1 heterocycles. The van der Waals surface area contributed by atoms with Crippen LogP contribution in [0.3, 0.4) is 0 Å². The fraction of sp³-hybridized carbons (Fsp3) is 0.889. The second-order valence-corrected chi connectivity index (χ2v) is 3.79. The van der Waals surface area contributed by atoms with Gasteiger partial charge in [0.05, 0.1) is 6.10 Å². The molecular weight excluding hydrogens is 202 g/mol. The summed E-state index contributed by atoms with van der Waals surface area (Å²) < 4.78 is 5.26. The molecule has 1 aliphatic rings. The Morgan fingerprint density at radius 3 is 2.40 bits per heavy atom. The molecule has 0 aliphatic carbocycles. The van der Waals surface area contributed by atoms with Crippen LogP contribution in [0.1, 0.15) is 13.8 Å². The van der Waals surface area contributed by atoms with Crippen LogP contribution in [0.5, 0.6) is 0 Å². The normalized spacial score (nSPS) is 41.3. The van der Waals surface area contributed by atoms with Gasteiger partial charge in [0, 0.05) is 13.5 Å². The third-order valence-corrected chi connectivity index (χ3v) is 2.50. The molecule has 0 aromatic heterocycles. The van der Waals surface area contributed by atoms with Crippen molar-refractivity contribution in [3.63, 3.8) is 0 Å². The van der Waals surface area contributed by atoms with Crippen LogP contribution in [0, 0.1) is 0 Å². The van der Waals surface area contributed by atoms with Crippen LogP contribution in [-0.2, 0) is 9.53 Å². The number of nitrogens with one attached hydrogen (secondary N) is 1. The molecule has 0 aromatic carbocycles. The number of aliphatic hydroxyl groups is 3. The van der Waals surface area contributed by atoms with Crippen LogP contribution in [0.25, 0.3) is 0 Å². The smallest absolute Gasteiger partial charge is 0.216 e. The number of carbonyl (C=O) groups is 1. The van der Waals surface area contributed by atoms with Gasteiger partial charge >= 0.3 is 0 Å². The summed E-state index contributed by atoms with van der Waals surface area (Å²) in [6.45, 7) is 3.06. The molecule has 1 saturated heterocycles. The van der Waals surface area contributed by atoms with Crippen LogP contribution in [0.4, 0.5) is 0 Å². The highest BCUT2D eigenvalue weighted by molar-refractivity contribution is 5.72. The Labute approximate surface area is 87.9 Å². The van der Waals surface area contributed by atoms with E-state index in [1.165, 1.54) is 6.92 Å². The van der Waals surface area contributed by atoms with E-state index in [9.17, 15) is 20.1 Å². The Bertz CT molecular complexity index is 235. The van der Waals surface area contributed by atoms with E-state index in [-0.39, 0.29) is 12.5 Å². The average molecular weight is 219 g/mol. The molecule has 0 radical (unpaired) electrons. The Morgan fingerprint density at radius 2 is 1.87 bits per heavy atom. The Morgan fingerprint density at radius 1 is 1.27 bits per heavy atom. The van der Waals surface area contributed by atoms with Crippen molar-refractivity contribution in [1.29, 1.82) is 0 Å². The van der Waals surface area contributed by atoms with Crippen LogP contribution in [0.15, 0.2) is 0 Å². The number of ether oxygens (including phenoxy) is 1. The predicted octanol–water partition coefficient (Wildman–Crippen LogP) is -2.01. The summed E-state index contributed by atoms with van der Waals surface area (Å²) >= 11 is 0. The SMILES string of the molecule is CC(=O)NCC1O[C@@H](C)C(O)[C@@H](O)[C@H]1O. The van der Waals surface area contributed by atoms with Gasteiger partial charge in [-0.2, -0.15) is 0 Å². The van der Waals surface area contributed by atoms with Crippen molar-refractivity contribution in [2.24, 2.45) is 0 Å². The van der Waals surface area contributed by atoms with Gasteiger partial charge in [-0.1, -0.05) is 0 Å². The van der Waals surface area contributed by atoms with Crippen LogP contribution >= 0.6 is 0 Å².